The van der Waals surface area contributed by atoms with Crippen molar-refractivity contribution in [2.45, 2.75) is 20.3 Å². The average molecular weight is 351 g/mol. The van der Waals surface area contributed by atoms with Gasteiger partial charge in [-0.05, 0) is 19.4 Å². The molecular weight excluding hydrogens is 326 g/mol. The van der Waals surface area contributed by atoms with Gasteiger partial charge in [0, 0.05) is 31.9 Å². The molecule has 0 aliphatic carbocycles. The fraction of sp³-hybridized carbons (Fsp3) is 0.588. The molecule has 1 aromatic heterocycles. The predicted molar refractivity (Wildman–Crippen MR) is 90.8 cm³/mol. The number of nitrogens with one attached hydrogen (secondary N) is 2. The Morgan fingerprint density at radius 2 is 2.08 bits per heavy atom. The number of rotatable bonds is 8. The maximum absolute atomic E-state index is 12.2. The second kappa shape index (κ2) is 9.33. The van der Waals surface area contributed by atoms with Gasteiger partial charge in [-0.1, -0.05) is 0 Å². The van der Waals surface area contributed by atoms with E-state index in [1.807, 2.05) is 0 Å². The van der Waals surface area contributed by atoms with E-state index in [4.69, 9.17) is 9.47 Å². The topological polar surface area (TPSA) is 101 Å². The Morgan fingerprint density at radius 1 is 1.36 bits per heavy atom. The van der Waals surface area contributed by atoms with E-state index in [0.717, 1.165) is 19.6 Å². The van der Waals surface area contributed by atoms with Gasteiger partial charge in [-0.15, -0.1) is 0 Å². The second-order valence-electron chi connectivity index (χ2n) is 5.84. The molecule has 1 aliphatic rings. The van der Waals surface area contributed by atoms with Gasteiger partial charge in [0.25, 0.3) is 0 Å². The highest BCUT2D eigenvalue weighted by molar-refractivity contribution is 5.97. The highest BCUT2D eigenvalue weighted by Gasteiger charge is 2.23. The van der Waals surface area contributed by atoms with Crippen LogP contribution in [0.5, 0.6) is 0 Å². The first-order chi connectivity index (χ1) is 12.1. The van der Waals surface area contributed by atoms with E-state index in [-0.39, 0.29) is 24.5 Å². The predicted octanol–water partition coefficient (Wildman–Crippen LogP) is 0.303. The van der Waals surface area contributed by atoms with Gasteiger partial charge in [-0.2, -0.15) is 0 Å². The molecule has 8 heteroatoms. The van der Waals surface area contributed by atoms with Crippen molar-refractivity contribution in [3.63, 3.8) is 0 Å². The molecule has 0 radical (unpaired) electrons. The summed E-state index contributed by atoms with van der Waals surface area (Å²) in [6.45, 7) is 8.02. The summed E-state index contributed by atoms with van der Waals surface area (Å²) in [7, 11) is 0. The third-order valence-electron chi connectivity index (χ3n) is 4.15. The Bertz CT molecular complexity index is 620. The van der Waals surface area contributed by atoms with Gasteiger partial charge in [0.2, 0.25) is 5.91 Å². The molecule has 2 N–H and O–H groups in total. The van der Waals surface area contributed by atoms with Crippen molar-refractivity contribution in [3.8, 4) is 0 Å². The van der Waals surface area contributed by atoms with Crippen molar-refractivity contribution in [2.24, 2.45) is 0 Å². The van der Waals surface area contributed by atoms with E-state index < -0.39 is 5.97 Å². The molecule has 1 aromatic rings. The minimum atomic E-state index is -0.527. The Kier molecular flexibility index (Phi) is 7.15. The largest absolute Gasteiger partial charge is 0.462 e. The molecule has 2 heterocycles. The standard InChI is InChI=1S/C17H25N3O5/c1-3-25-17(23)16-12(2)14(11-21)19-13(16)10-15(22)18-4-5-20-6-8-24-9-7-20/h11,19H,3-10H2,1-2H3,(H,18,22). The number of hydrogen-bond acceptors (Lipinski definition) is 6. The Balaban J connectivity index is 1.94. The lowest BCUT2D eigenvalue weighted by Gasteiger charge is -2.26. The summed E-state index contributed by atoms with van der Waals surface area (Å²) in [6.07, 6.45) is 0.629. The van der Waals surface area contributed by atoms with Crippen LogP contribution >= 0.6 is 0 Å². The smallest absolute Gasteiger partial charge is 0.340 e. The first kappa shape index (κ1) is 19.1. The van der Waals surface area contributed by atoms with Crippen LogP contribution in [0.4, 0.5) is 0 Å². The number of morpholine rings is 1. The molecule has 0 saturated carbocycles. The van der Waals surface area contributed by atoms with Crippen molar-refractivity contribution in [1.29, 1.82) is 0 Å². The molecule has 1 saturated heterocycles. The monoisotopic (exact) mass is 351 g/mol. The number of nitrogens with zero attached hydrogens (tertiary/aromatic N) is 1. The summed E-state index contributed by atoms with van der Waals surface area (Å²) in [4.78, 5) is 40.5. The number of H-pyrrole nitrogens is 1. The summed E-state index contributed by atoms with van der Waals surface area (Å²) in [5, 5.41) is 2.84. The highest BCUT2D eigenvalue weighted by Crippen LogP contribution is 2.19. The maximum Gasteiger partial charge on any atom is 0.340 e. The van der Waals surface area contributed by atoms with E-state index in [9.17, 15) is 14.4 Å². The van der Waals surface area contributed by atoms with Gasteiger partial charge >= 0.3 is 5.97 Å². The Hall–Kier alpha value is -2.19. The van der Waals surface area contributed by atoms with Crippen LogP contribution in [0.25, 0.3) is 0 Å². The fourth-order valence-electron chi connectivity index (χ4n) is 2.81. The lowest BCUT2D eigenvalue weighted by Crippen LogP contribution is -2.41. The van der Waals surface area contributed by atoms with Crippen molar-refractivity contribution < 1.29 is 23.9 Å². The zero-order valence-corrected chi connectivity index (χ0v) is 14.7. The highest BCUT2D eigenvalue weighted by atomic mass is 16.5. The fourth-order valence-corrected chi connectivity index (χ4v) is 2.81. The molecule has 8 nitrogen and oxygen atoms in total. The molecular formula is C17H25N3O5. The lowest BCUT2D eigenvalue weighted by atomic mass is 10.1. The van der Waals surface area contributed by atoms with E-state index in [0.29, 0.717) is 43.0 Å². The molecule has 0 atom stereocenters. The summed E-state index contributed by atoms with van der Waals surface area (Å²) in [5.41, 5.74) is 1.47. The van der Waals surface area contributed by atoms with Crippen LogP contribution < -0.4 is 5.32 Å². The summed E-state index contributed by atoms with van der Waals surface area (Å²) >= 11 is 0. The second-order valence-corrected chi connectivity index (χ2v) is 5.84. The van der Waals surface area contributed by atoms with Crippen molar-refractivity contribution in [1.82, 2.24) is 15.2 Å². The molecule has 1 aliphatic heterocycles. The molecule has 138 valence electrons. The van der Waals surface area contributed by atoms with E-state index >= 15 is 0 Å². The Morgan fingerprint density at radius 3 is 2.72 bits per heavy atom. The van der Waals surface area contributed by atoms with E-state index in [2.05, 4.69) is 15.2 Å². The van der Waals surface area contributed by atoms with Gasteiger partial charge in [-0.25, -0.2) is 4.79 Å². The molecule has 1 fully saturated rings. The number of ether oxygens (including phenoxy) is 2. The van der Waals surface area contributed by atoms with Gasteiger partial charge in [0.15, 0.2) is 6.29 Å². The van der Waals surface area contributed by atoms with Crippen molar-refractivity contribution in [2.75, 3.05) is 46.0 Å². The molecule has 0 bridgehead atoms. The third kappa shape index (κ3) is 5.14. The van der Waals surface area contributed by atoms with Gasteiger partial charge in [0.1, 0.15) is 0 Å². The zero-order valence-electron chi connectivity index (χ0n) is 14.7. The molecule has 1 amide bonds. The molecule has 25 heavy (non-hydrogen) atoms. The number of esters is 1. The van der Waals surface area contributed by atoms with Gasteiger partial charge in [-0.3, -0.25) is 14.5 Å². The summed E-state index contributed by atoms with van der Waals surface area (Å²) in [6, 6.07) is 0. The van der Waals surface area contributed by atoms with E-state index in [1.165, 1.54) is 0 Å². The lowest BCUT2D eigenvalue weighted by molar-refractivity contribution is -0.120. The summed E-state index contributed by atoms with van der Waals surface area (Å²) < 4.78 is 10.3. The number of carbonyl (C=O) groups excluding carboxylic acids is 3. The van der Waals surface area contributed by atoms with Gasteiger partial charge in [0.05, 0.1) is 37.5 Å². The number of carbonyl (C=O) groups is 3. The van der Waals surface area contributed by atoms with Crippen LogP contribution in [0, 0.1) is 6.92 Å². The van der Waals surface area contributed by atoms with Crippen LogP contribution in [0.3, 0.4) is 0 Å². The minimum Gasteiger partial charge on any atom is -0.462 e. The maximum atomic E-state index is 12.2. The number of aromatic nitrogens is 1. The quantitative estimate of drug-likeness (QED) is 0.516. The number of hydrogen-bond donors (Lipinski definition) is 2. The van der Waals surface area contributed by atoms with Crippen LogP contribution in [0.15, 0.2) is 0 Å². The molecule has 0 aromatic carbocycles. The van der Waals surface area contributed by atoms with Crippen LogP contribution in [0.1, 0.15) is 39.0 Å². The minimum absolute atomic E-state index is 0.00800. The number of amides is 1. The molecule has 2 rings (SSSR count). The zero-order chi connectivity index (χ0) is 18.2. The average Bonchev–Trinajstić information content (AvgIpc) is 2.91. The Labute approximate surface area is 146 Å². The van der Waals surface area contributed by atoms with Crippen molar-refractivity contribution in [3.05, 3.63) is 22.5 Å². The van der Waals surface area contributed by atoms with E-state index in [1.54, 1.807) is 13.8 Å². The van der Waals surface area contributed by atoms with Crippen LogP contribution in [-0.2, 0) is 20.7 Å². The molecule has 0 unspecified atom stereocenters. The normalized spacial score (nSPS) is 15.0. The van der Waals surface area contributed by atoms with Crippen LogP contribution in [0.2, 0.25) is 0 Å². The third-order valence-corrected chi connectivity index (χ3v) is 4.15. The number of aldehydes is 1. The number of aromatic amines is 1. The molecule has 0 spiro atoms. The first-order valence-corrected chi connectivity index (χ1v) is 8.47. The summed E-state index contributed by atoms with van der Waals surface area (Å²) in [5.74, 6) is -0.738. The van der Waals surface area contributed by atoms with Gasteiger partial charge < -0.3 is 19.8 Å². The SMILES string of the molecule is CCOC(=O)c1c(CC(=O)NCCN2CCOCC2)[nH]c(C=O)c1C. The van der Waals surface area contributed by atoms with Crippen molar-refractivity contribution >= 4 is 18.2 Å². The van der Waals surface area contributed by atoms with Crippen LogP contribution in [-0.4, -0.2) is 74.0 Å². The first-order valence-electron chi connectivity index (χ1n) is 8.47.